The quantitative estimate of drug-likeness (QED) is 0.102. The first kappa shape index (κ1) is 56.5. The van der Waals surface area contributed by atoms with Crippen molar-refractivity contribution in [1.29, 1.82) is 0 Å². The summed E-state index contributed by atoms with van der Waals surface area (Å²) in [6.07, 6.45) is -59.1. The van der Waals surface area contributed by atoms with Crippen molar-refractivity contribution >= 4 is 0 Å². The summed E-state index contributed by atoms with van der Waals surface area (Å²) in [5.74, 6) is 0. The van der Waals surface area contributed by atoms with E-state index in [9.17, 15) is 91.9 Å². The first-order valence-electron chi connectivity index (χ1n) is 22.6. The van der Waals surface area contributed by atoms with Crippen molar-refractivity contribution in [1.82, 2.24) is 0 Å². The van der Waals surface area contributed by atoms with Crippen LogP contribution in [0.25, 0.3) is 0 Å². The zero-order valence-corrected chi connectivity index (χ0v) is 37.2. The van der Waals surface area contributed by atoms with Gasteiger partial charge in [0.15, 0.2) is 37.7 Å². The second-order valence-corrected chi connectivity index (χ2v) is 18.0. The molecule has 0 aromatic carbocycles. The standard InChI is InChI=1S/C39H66O31/c1-9(46)8-58-33-26(57)39-64-15(7-45)32(33)70-38-25(56)20(51)30(13(5-43)63-38)68-36-23(54)18(49)28(11(3-41)61-36)66-34-21(52)16(47)27(10(2-40)59-34)65-35-22(53)17(48)29(12(4-42)60-35)67-37-24(55)19(50)31(69-39)14(6-44)62-37/h9-57H,2-8H2,1H3/t9-,10+,11+,12+,13+,14+,15+,16+,17+,18+,19+,20+,21+,22+,23+,24+,25+,26+,27+,28+,29+,30+,31+,32-,33+,34+,35+,36+,37+,38+,39+/m0/s1. The topological polar surface area (TPSA) is 484 Å². The highest BCUT2D eigenvalue weighted by Gasteiger charge is 2.59. The Morgan fingerprint density at radius 1 is 0.300 bits per heavy atom. The van der Waals surface area contributed by atoms with E-state index >= 15 is 0 Å². The molecule has 12 bridgehead atoms. The van der Waals surface area contributed by atoms with Crippen LogP contribution in [0.5, 0.6) is 0 Å². The van der Waals surface area contributed by atoms with Crippen LogP contribution in [0.15, 0.2) is 0 Å². The van der Waals surface area contributed by atoms with E-state index < -0.39 is 237 Å². The number of hydrogen-bond donors (Lipinski definition) is 18. The monoisotopic (exact) mass is 1030 g/mol. The molecule has 22 rings (SSSR count). The van der Waals surface area contributed by atoms with Gasteiger partial charge >= 0.3 is 0 Å². The molecule has 22 aliphatic rings. The Bertz CT molecular complexity index is 1590. The van der Waals surface area contributed by atoms with E-state index in [4.69, 9.17) is 61.6 Å². The summed E-state index contributed by atoms with van der Waals surface area (Å²) in [7, 11) is 0. The molecule has 31 heteroatoms. The van der Waals surface area contributed by atoms with E-state index in [1.165, 1.54) is 6.92 Å². The smallest absolute Gasteiger partial charge is 0.187 e. The van der Waals surface area contributed by atoms with Crippen molar-refractivity contribution < 1.29 is 153 Å². The first-order chi connectivity index (χ1) is 33.3. The van der Waals surface area contributed by atoms with Gasteiger partial charge in [-0.15, -0.1) is 0 Å². The molecule has 31 nitrogen and oxygen atoms in total. The molecular formula is C39H66O31. The number of aliphatic hydroxyl groups is 18. The molecule has 31 atom stereocenters. The van der Waals surface area contributed by atoms with Crippen LogP contribution >= 0.6 is 0 Å². The van der Waals surface area contributed by atoms with Crippen molar-refractivity contribution in [2.45, 2.75) is 197 Å². The molecule has 0 aromatic rings. The normalized spacial score (nSPS) is 53.4. The number of ether oxygens (including phenoxy) is 13. The van der Waals surface area contributed by atoms with E-state index in [1.54, 1.807) is 0 Å². The predicted molar refractivity (Wildman–Crippen MR) is 211 cm³/mol. The highest BCUT2D eigenvalue weighted by Crippen LogP contribution is 2.38. The molecule has 18 N–H and O–H groups in total. The summed E-state index contributed by atoms with van der Waals surface area (Å²) >= 11 is 0. The largest absolute Gasteiger partial charge is 0.394 e. The van der Waals surface area contributed by atoms with Crippen LogP contribution in [-0.4, -0.2) is 329 Å². The highest BCUT2D eigenvalue weighted by molar-refractivity contribution is 5.01. The third kappa shape index (κ3) is 11.3. The van der Waals surface area contributed by atoms with Gasteiger partial charge in [0.1, 0.15) is 146 Å². The van der Waals surface area contributed by atoms with E-state index in [1.807, 2.05) is 0 Å². The van der Waals surface area contributed by atoms with Crippen LogP contribution in [-0.2, 0) is 61.6 Å². The van der Waals surface area contributed by atoms with Crippen LogP contribution in [0, 0.1) is 0 Å². The zero-order chi connectivity index (χ0) is 51.0. The van der Waals surface area contributed by atoms with Gasteiger partial charge in [-0.1, -0.05) is 0 Å². The SMILES string of the molecule is C[C@H](O)CO[C@@H]1[C@@H](O)[C@H]2O[C@H]3[C@H](O)[C@@H](O)[C@@H](O[C@H]4[C@H](O)[C@@H](O)[C@@H](O[C@H]5[C@H](O)[C@@H](O)[C@@H](O[C@H]6[C@H](O)[C@@H](O)[C@@H](O[C@H]7[C@H](O)[C@@H](O)[C@@H](O[C@H]1[C@@H](CO)O2)O[C@@H]7CO)O[C@@H]6CO)O[C@@H]5CO)O[C@@H]4CO)O[C@@H]3CO. The number of rotatable bonds is 9. The predicted octanol–water partition coefficient (Wildman–Crippen LogP) is -12.6. The van der Waals surface area contributed by atoms with E-state index in [0.29, 0.717) is 0 Å². The summed E-state index contributed by atoms with van der Waals surface area (Å²) in [6, 6.07) is 0. The Hall–Kier alpha value is -1.24. The highest BCUT2D eigenvalue weighted by atomic mass is 16.8. The maximum absolute atomic E-state index is 11.7. The lowest BCUT2D eigenvalue weighted by atomic mass is 9.94. The molecule has 0 radical (unpaired) electrons. The minimum absolute atomic E-state index is 0.520. The fourth-order valence-corrected chi connectivity index (χ4v) is 9.35. The number of hydrogen-bond acceptors (Lipinski definition) is 31. The van der Waals surface area contributed by atoms with Crippen molar-refractivity contribution in [3.63, 3.8) is 0 Å². The first-order valence-corrected chi connectivity index (χ1v) is 22.6. The van der Waals surface area contributed by atoms with E-state index in [-0.39, 0.29) is 0 Å². The van der Waals surface area contributed by atoms with Gasteiger partial charge in [0.2, 0.25) is 0 Å². The fraction of sp³-hybridized carbons (Fsp3) is 1.00. The molecular weight excluding hydrogens is 964 g/mol. The minimum Gasteiger partial charge on any atom is -0.394 e. The van der Waals surface area contributed by atoms with Crippen molar-refractivity contribution in [3.05, 3.63) is 0 Å². The Morgan fingerprint density at radius 2 is 0.500 bits per heavy atom. The third-order valence-corrected chi connectivity index (χ3v) is 13.2. The minimum atomic E-state index is -2.16. The van der Waals surface area contributed by atoms with Gasteiger partial charge in [0.05, 0.1) is 52.4 Å². The van der Waals surface area contributed by atoms with Crippen LogP contribution < -0.4 is 0 Å². The fourth-order valence-electron chi connectivity index (χ4n) is 9.35. The average Bonchev–Trinajstić information content (AvgIpc) is 3.34. The Balaban J connectivity index is 1.22. The second-order valence-electron chi connectivity index (χ2n) is 18.0. The Morgan fingerprint density at radius 3 is 0.714 bits per heavy atom. The maximum atomic E-state index is 11.7. The van der Waals surface area contributed by atoms with Crippen LogP contribution in [0.1, 0.15) is 6.92 Å². The lowest BCUT2D eigenvalue weighted by molar-refractivity contribution is -0.405. The van der Waals surface area contributed by atoms with Gasteiger partial charge in [0.25, 0.3) is 0 Å². The summed E-state index contributed by atoms with van der Waals surface area (Å²) < 4.78 is 74.7. The Kier molecular flexibility index (Phi) is 19.5. The second kappa shape index (κ2) is 24.2. The average molecular weight is 1030 g/mol. The van der Waals surface area contributed by atoms with E-state index in [2.05, 4.69) is 0 Å². The summed E-state index contributed by atoms with van der Waals surface area (Å²) in [5, 5.41) is 197. The van der Waals surface area contributed by atoms with Gasteiger partial charge in [-0.05, 0) is 6.92 Å². The number of aliphatic hydroxyl groups excluding tert-OH is 18. The van der Waals surface area contributed by atoms with Crippen molar-refractivity contribution in [3.8, 4) is 0 Å². The summed E-state index contributed by atoms with van der Waals surface area (Å²) in [5.41, 5.74) is 0. The molecule has 0 unspecified atom stereocenters. The van der Waals surface area contributed by atoms with Gasteiger partial charge < -0.3 is 153 Å². The molecule has 0 aromatic heterocycles. The van der Waals surface area contributed by atoms with Gasteiger partial charge in [-0.2, -0.15) is 0 Å². The molecule has 0 spiro atoms. The molecule has 22 saturated heterocycles. The molecule has 0 amide bonds. The van der Waals surface area contributed by atoms with Crippen molar-refractivity contribution in [2.24, 2.45) is 0 Å². The molecule has 22 heterocycles. The lowest BCUT2D eigenvalue weighted by Crippen LogP contribution is -2.69. The van der Waals surface area contributed by atoms with Gasteiger partial charge in [0, 0.05) is 0 Å². The van der Waals surface area contributed by atoms with Gasteiger partial charge in [-0.3, -0.25) is 0 Å². The molecule has 22 aliphatic heterocycles. The van der Waals surface area contributed by atoms with Crippen LogP contribution in [0.2, 0.25) is 0 Å². The van der Waals surface area contributed by atoms with E-state index in [0.717, 1.165) is 0 Å². The molecule has 22 fully saturated rings. The molecule has 0 aliphatic carbocycles. The third-order valence-electron chi connectivity index (χ3n) is 13.2. The van der Waals surface area contributed by atoms with Gasteiger partial charge in [-0.25, -0.2) is 0 Å². The van der Waals surface area contributed by atoms with Crippen molar-refractivity contribution in [2.75, 3.05) is 46.2 Å². The maximum Gasteiger partial charge on any atom is 0.187 e. The summed E-state index contributed by atoms with van der Waals surface area (Å²) in [6.45, 7) is -5.19. The molecule has 408 valence electrons. The zero-order valence-electron chi connectivity index (χ0n) is 37.2. The molecule has 70 heavy (non-hydrogen) atoms. The van der Waals surface area contributed by atoms with Crippen LogP contribution in [0.3, 0.4) is 0 Å². The molecule has 0 saturated carbocycles. The summed E-state index contributed by atoms with van der Waals surface area (Å²) in [4.78, 5) is 0. The van der Waals surface area contributed by atoms with Crippen LogP contribution in [0.4, 0.5) is 0 Å². The lowest BCUT2D eigenvalue weighted by Gasteiger charge is -2.51. The Labute approximate surface area is 396 Å².